The van der Waals surface area contributed by atoms with E-state index in [0.29, 0.717) is 18.7 Å². The van der Waals surface area contributed by atoms with Crippen molar-refractivity contribution in [2.75, 3.05) is 41.4 Å². The van der Waals surface area contributed by atoms with Crippen molar-refractivity contribution in [3.05, 3.63) is 22.8 Å². The quantitative estimate of drug-likeness (QED) is 0.619. The van der Waals surface area contributed by atoms with E-state index < -0.39 is 23.3 Å². The number of likely N-dealkylation sites (tertiary alicyclic amines) is 1. The molecular weight excluding hydrogens is 360 g/mol. The predicted octanol–water partition coefficient (Wildman–Crippen LogP) is 0.0928. The van der Waals surface area contributed by atoms with Crippen molar-refractivity contribution in [1.82, 2.24) is 9.80 Å². The van der Waals surface area contributed by atoms with Crippen LogP contribution in [0, 0.1) is 45.8 Å². The van der Waals surface area contributed by atoms with E-state index in [0.717, 1.165) is 0 Å². The minimum atomic E-state index is -0.907. The van der Waals surface area contributed by atoms with Crippen molar-refractivity contribution in [2.45, 2.75) is 12.1 Å². The van der Waals surface area contributed by atoms with E-state index in [1.54, 1.807) is 0 Å². The lowest BCUT2D eigenvalue weighted by molar-refractivity contribution is -0.152. The van der Waals surface area contributed by atoms with Gasteiger partial charge in [0.1, 0.15) is 0 Å². The minimum absolute atomic E-state index is 0.0795. The molecule has 0 amide bonds. The van der Waals surface area contributed by atoms with Gasteiger partial charge in [0.15, 0.2) is 0 Å². The van der Waals surface area contributed by atoms with E-state index in [1.807, 2.05) is 25.1 Å². The third-order valence-electron chi connectivity index (χ3n) is 7.11. The van der Waals surface area contributed by atoms with Gasteiger partial charge in [-0.15, -0.1) is 0 Å². The summed E-state index contributed by atoms with van der Waals surface area (Å²) in [5, 5.41) is 20.0. The Bertz CT molecular complexity index is 910. The van der Waals surface area contributed by atoms with Crippen molar-refractivity contribution in [1.29, 1.82) is 10.5 Å². The van der Waals surface area contributed by atoms with E-state index in [2.05, 4.69) is 17.0 Å². The third kappa shape index (κ3) is 1.99. The summed E-state index contributed by atoms with van der Waals surface area (Å²) in [6, 6.07) is 4.16. The average molecular weight is 382 g/mol. The summed E-state index contributed by atoms with van der Waals surface area (Å²) in [7, 11) is 6.37. The summed E-state index contributed by atoms with van der Waals surface area (Å²) < 4.78 is 9.88. The van der Waals surface area contributed by atoms with Gasteiger partial charge in [-0.05, 0) is 14.1 Å². The number of likely N-dealkylation sites (N-methyl/N-ethyl adjacent to an activating group) is 2. The van der Waals surface area contributed by atoms with Gasteiger partial charge in [0.25, 0.3) is 0 Å². The second kappa shape index (κ2) is 6.16. The highest BCUT2D eigenvalue weighted by Gasteiger charge is 2.71. The van der Waals surface area contributed by atoms with Gasteiger partial charge in [0.05, 0.1) is 49.0 Å². The van der Waals surface area contributed by atoms with Gasteiger partial charge in [-0.2, -0.15) is 10.5 Å². The van der Waals surface area contributed by atoms with Crippen LogP contribution in [0.15, 0.2) is 22.8 Å². The molecule has 2 bridgehead atoms. The number of hydrogen-bond acceptors (Lipinski definition) is 8. The van der Waals surface area contributed by atoms with Crippen molar-refractivity contribution in [3.63, 3.8) is 0 Å². The number of carbonyl (C=O) groups is 2. The summed E-state index contributed by atoms with van der Waals surface area (Å²) in [4.78, 5) is 29.2. The zero-order valence-corrected chi connectivity index (χ0v) is 16.3. The Morgan fingerprint density at radius 1 is 1.11 bits per heavy atom. The first-order valence-electron chi connectivity index (χ1n) is 9.21. The molecule has 3 aliphatic heterocycles. The number of methoxy groups -OCH3 is 2. The zero-order valence-electron chi connectivity index (χ0n) is 16.3. The van der Waals surface area contributed by atoms with Crippen molar-refractivity contribution in [3.8, 4) is 12.1 Å². The molecule has 2 saturated heterocycles. The lowest BCUT2D eigenvalue weighted by Crippen LogP contribution is -2.74. The molecule has 5 aliphatic rings. The Morgan fingerprint density at radius 3 is 2.32 bits per heavy atom. The molecule has 3 heterocycles. The highest BCUT2D eigenvalue weighted by molar-refractivity contribution is 6.05. The largest absolute Gasteiger partial charge is 0.466 e. The van der Waals surface area contributed by atoms with Gasteiger partial charge >= 0.3 is 11.9 Å². The summed E-state index contributed by atoms with van der Waals surface area (Å²) in [6.07, 6.45) is 1.88. The Labute approximate surface area is 163 Å². The Balaban J connectivity index is 1.94. The Hall–Kier alpha value is -2.68. The number of hydrogen-bond donors (Lipinski definition) is 0. The van der Waals surface area contributed by atoms with Crippen LogP contribution >= 0.6 is 0 Å². The normalized spacial score (nSPS) is 38.9. The monoisotopic (exact) mass is 382 g/mol. The smallest absolute Gasteiger partial charge is 0.335 e. The molecule has 8 heteroatoms. The SMILES string of the molecule is COC(=O)C1=C(C(=O)OC)[C@H]2[C@@H]1N(C)C[C@H]1[C@@H]3CN(C)[C@@H](C=C3C#N)[C@]12C#N. The van der Waals surface area contributed by atoms with Crippen LogP contribution in [0.3, 0.4) is 0 Å². The van der Waals surface area contributed by atoms with Crippen LogP contribution in [0.4, 0.5) is 0 Å². The molecule has 0 radical (unpaired) electrons. The van der Waals surface area contributed by atoms with E-state index in [9.17, 15) is 20.1 Å². The Morgan fingerprint density at radius 2 is 1.75 bits per heavy atom. The standard InChI is InChI=1S/C20H22N4O4/c1-23-7-11-10(6-21)5-13(23)20(9-22)12(11)8-24(2)17-15(19(26)28-4)14(16(17)20)18(25)27-3/h5,11-13,16-17H,7-8H2,1-4H3/t11-,12+,13+,16+,17-,20+/m1/s1. The van der Waals surface area contributed by atoms with Crippen molar-refractivity contribution in [2.24, 2.45) is 23.2 Å². The van der Waals surface area contributed by atoms with Crippen LogP contribution in [0.5, 0.6) is 0 Å². The first kappa shape index (κ1) is 18.7. The van der Waals surface area contributed by atoms with E-state index in [4.69, 9.17) is 9.47 Å². The molecule has 0 unspecified atom stereocenters. The van der Waals surface area contributed by atoms with Gasteiger partial charge in [0, 0.05) is 42.5 Å². The van der Waals surface area contributed by atoms with Gasteiger partial charge < -0.3 is 9.47 Å². The third-order valence-corrected chi connectivity index (χ3v) is 7.11. The van der Waals surface area contributed by atoms with Gasteiger partial charge in [-0.1, -0.05) is 6.08 Å². The first-order valence-corrected chi connectivity index (χ1v) is 9.21. The van der Waals surface area contributed by atoms with Crippen LogP contribution < -0.4 is 0 Å². The summed E-state index contributed by atoms with van der Waals surface area (Å²) >= 11 is 0. The molecule has 6 atom stereocenters. The summed E-state index contributed by atoms with van der Waals surface area (Å²) in [5.74, 6) is -1.83. The molecule has 2 fully saturated rings. The fraction of sp³-hybridized carbons (Fsp3) is 0.600. The second-order valence-corrected chi connectivity index (χ2v) is 8.05. The molecule has 0 N–H and O–H groups in total. The lowest BCUT2D eigenvalue weighted by Gasteiger charge is -2.66. The molecule has 0 saturated carbocycles. The summed E-state index contributed by atoms with van der Waals surface area (Å²) in [6.45, 7) is 1.27. The molecule has 2 aliphatic carbocycles. The molecule has 28 heavy (non-hydrogen) atoms. The van der Waals surface area contributed by atoms with Crippen LogP contribution in [-0.4, -0.2) is 75.2 Å². The first-order chi connectivity index (χ1) is 13.4. The number of ether oxygens (including phenoxy) is 2. The molecule has 8 nitrogen and oxygen atoms in total. The predicted molar refractivity (Wildman–Crippen MR) is 96.1 cm³/mol. The van der Waals surface area contributed by atoms with Gasteiger partial charge in [0.2, 0.25) is 0 Å². The fourth-order valence-electron chi connectivity index (χ4n) is 6.01. The highest BCUT2D eigenvalue weighted by Crippen LogP contribution is 2.63. The van der Waals surface area contributed by atoms with Crippen LogP contribution in [-0.2, 0) is 19.1 Å². The van der Waals surface area contributed by atoms with Crippen LogP contribution in [0.1, 0.15) is 0 Å². The van der Waals surface area contributed by atoms with E-state index >= 15 is 0 Å². The summed E-state index contributed by atoms with van der Waals surface area (Å²) in [5.41, 5.74) is 0.326. The molecular formula is C20H22N4O4. The second-order valence-electron chi connectivity index (χ2n) is 8.05. The number of esters is 2. The van der Waals surface area contributed by atoms with Crippen molar-refractivity contribution < 1.29 is 19.1 Å². The number of fused-ring (bicyclic) bond motifs is 2. The lowest BCUT2D eigenvalue weighted by atomic mass is 9.44. The molecule has 0 spiro atoms. The van der Waals surface area contributed by atoms with E-state index in [1.165, 1.54) is 14.2 Å². The van der Waals surface area contributed by atoms with Gasteiger partial charge in [-0.3, -0.25) is 9.80 Å². The topological polar surface area (TPSA) is 107 Å². The van der Waals surface area contributed by atoms with Crippen LogP contribution in [0.2, 0.25) is 0 Å². The average Bonchev–Trinajstić information content (AvgIpc) is 2.68. The van der Waals surface area contributed by atoms with Crippen molar-refractivity contribution >= 4 is 11.9 Å². The number of carbonyl (C=O) groups excluding carboxylic acids is 2. The minimum Gasteiger partial charge on any atom is -0.466 e. The molecule has 0 aromatic carbocycles. The maximum atomic E-state index is 12.6. The number of nitriles is 2. The Kier molecular flexibility index (Phi) is 4.11. The maximum absolute atomic E-state index is 12.6. The number of piperidine rings is 2. The number of nitrogens with zero attached hydrogens (tertiary/aromatic N) is 4. The fourth-order valence-corrected chi connectivity index (χ4v) is 6.01. The maximum Gasteiger partial charge on any atom is 0.335 e. The highest BCUT2D eigenvalue weighted by atomic mass is 16.5. The van der Waals surface area contributed by atoms with E-state index in [-0.39, 0.29) is 35.1 Å². The molecule has 5 rings (SSSR count). The molecule has 0 aromatic heterocycles. The molecule has 146 valence electrons. The van der Waals surface area contributed by atoms with Crippen LogP contribution in [0.25, 0.3) is 0 Å². The zero-order chi connectivity index (χ0) is 20.4. The molecule has 0 aromatic rings. The number of rotatable bonds is 2. The van der Waals surface area contributed by atoms with Gasteiger partial charge in [-0.25, -0.2) is 9.59 Å².